The number of nitrogens with zero attached hydrogens (tertiary/aromatic N) is 2. The maximum atomic E-state index is 4.19. The number of rotatable bonds is 5. The number of anilines is 1. The van der Waals surface area contributed by atoms with Crippen molar-refractivity contribution in [1.29, 1.82) is 0 Å². The molecule has 1 aliphatic rings. The van der Waals surface area contributed by atoms with Crippen LogP contribution in [0.1, 0.15) is 26.7 Å². The van der Waals surface area contributed by atoms with Gasteiger partial charge in [0.1, 0.15) is 5.82 Å². The SMILES string of the molecule is CC(C)CC1CC(CNc2cnccn2)NN1. The van der Waals surface area contributed by atoms with Crippen molar-refractivity contribution in [3.63, 3.8) is 0 Å². The van der Waals surface area contributed by atoms with Crippen molar-refractivity contribution in [1.82, 2.24) is 20.8 Å². The predicted molar refractivity (Wildman–Crippen MR) is 68.4 cm³/mol. The lowest BCUT2D eigenvalue weighted by Gasteiger charge is -2.12. The molecule has 17 heavy (non-hydrogen) atoms. The summed E-state index contributed by atoms with van der Waals surface area (Å²) >= 11 is 0. The highest BCUT2D eigenvalue weighted by atomic mass is 15.4. The number of hydrazine groups is 1. The Bertz CT molecular complexity index is 327. The van der Waals surface area contributed by atoms with Crippen LogP contribution in [0.3, 0.4) is 0 Å². The van der Waals surface area contributed by atoms with Crippen LogP contribution >= 0.6 is 0 Å². The minimum absolute atomic E-state index is 0.459. The van der Waals surface area contributed by atoms with Gasteiger partial charge >= 0.3 is 0 Å². The Kier molecular flexibility index (Phi) is 4.28. The Balaban J connectivity index is 1.71. The molecular weight excluding hydrogens is 214 g/mol. The van der Waals surface area contributed by atoms with Crippen LogP contribution in [0.2, 0.25) is 0 Å². The fraction of sp³-hybridized carbons (Fsp3) is 0.667. The van der Waals surface area contributed by atoms with Crippen LogP contribution in [0.25, 0.3) is 0 Å². The lowest BCUT2D eigenvalue weighted by Crippen LogP contribution is -2.36. The third-order valence-corrected chi connectivity index (χ3v) is 2.91. The summed E-state index contributed by atoms with van der Waals surface area (Å²) < 4.78 is 0. The van der Waals surface area contributed by atoms with Crippen LogP contribution in [0, 0.1) is 5.92 Å². The molecule has 1 aromatic heterocycles. The van der Waals surface area contributed by atoms with Gasteiger partial charge in [-0.1, -0.05) is 13.8 Å². The molecule has 0 amide bonds. The summed E-state index contributed by atoms with van der Waals surface area (Å²) in [6.07, 6.45) is 7.50. The van der Waals surface area contributed by atoms with Gasteiger partial charge in [-0.3, -0.25) is 15.8 Å². The molecule has 0 radical (unpaired) electrons. The van der Waals surface area contributed by atoms with E-state index in [9.17, 15) is 0 Å². The van der Waals surface area contributed by atoms with E-state index in [1.807, 2.05) is 0 Å². The van der Waals surface area contributed by atoms with Gasteiger partial charge in [0.05, 0.1) is 6.20 Å². The van der Waals surface area contributed by atoms with Gasteiger partial charge in [0.2, 0.25) is 0 Å². The molecule has 5 nitrogen and oxygen atoms in total. The van der Waals surface area contributed by atoms with Gasteiger partial charge in [-0.25, -0.2) is 4.98 Å². The molecule has 0 aromatic carbocycles. The molecule has 2 unspecified atom stereocenters. The Morgan fingerprint density at radius 3 is 2.88 bits per heavy atom. The Morgan fingerprint density at radius 1 is 1.35 bits per heavy atom. The molecule has 0 saturated carbocycles. The standard InChI is InChI=1S/C12H21N5/c1-9(2)5-10-6-11(17-16-10)7-15-12-8-13-3-4-14-12/h3-4,8-11,16-17H,5-7H2,1-2H3,(H,14,15). The lowest BCUT2D eigenvalue weighted by molar-refractivity contribution is 0.446. The highest BCUT2D eigenvalue weighted by Gasteiger charge is 2.23. The van der Waals surface area contributed by atoms with E-state index < -0.39 is 0 Å². The summed E-state index contributed by atoms with van der Waals surface area (Å²) in [5, 5.41) is 3.28. The first kappa shape index (κ1) is 12.3. The van der Waals surface area contributed by atoms with Gasteiger partial charge in [-0.2, -0.15) is 0 Å². The lowest BCUT2D eigenvalue weighted by atomic mass is 10.00. The molecule has 2 heterocycles. The van der Waals surface area contributed by atoms with Gasteiger partial charge in [0.15, 0.2) is 0 Å². The summed E-state index contributed by atoms with van der Waals surface area (Å²) in [5.41, 5.74) is 6.67. The highest BCUT2D eigenvalue weighted by Crippen LogP contribution is 2.14. The van der Waals surface area contributed by atoms with E-state index in [4.69, 9.17) is 0 Å². The molecule has 0 spiro atoms. The average molecular weight is 235 g/mol. The van der Waals surface area contributed by atoms with Crippen LogP contribution in [0.5, 0.6) is 0 Å². The van der Waals surface area contributed by atoms with E-state index in [1.165, 1.54) is 6.42 Å². The fourth-order valence-electron chi connectivity index (χ4n) is 2.17. The van der Waals surface area contributed by atoms with Crippen molar-refractivity contribution in [2.45, 2.75) is 38.8 Å². The normalized spacial score (nSPS) is 24.2. The molecule has 2 atom stereocenters. The van der Waals surface area contributed by atoms with E-state index >= 15 is 0 Å². The summed E-state index contributed by atoms with van der Waals surface area (Å²) in [5.74, 6) is 1.57. The molecule has 1 aliphatic heterocycles. The van der Waals surface area contributed by atoms with Crippen LogP contribution in [-0.2, 0) is 0 Å². The van der Waals surface area contributed by atoms with Gasteiger partial charge < -0.3 is 5.32 Å². The van der Waals surface area contributed by atoms with E-state index in [0.717, 1.165) is 24.7 Å². The molecule has 5 heteroatoms. The minimum Gasteiger partial charge on any atom is -0.367 e. The zero-order valence-electron chi connectivity index (χ0n) is 10.5. The maximum absolute atomic E-state index is 4.19. The smallest absolute Gasteiger partial charge is 0.144 e. The second-order valence-corrected chi connectivity index (χ2v) is 5.02. The quantitative estimate of drug-likeness (QED) is 0.715. The molecule has 1 fully saturated rings. The average Bonchev–Trinajstić information content (AvgIpc) is 2.75. The number of nitrogens with one attached hydrogen (secondary N) is 3. The molecule has 94 valence electrons. The van der Waals surface area contributed by atoms with Gasteiger partial charge in [-0.05, 0) is 18.8 Å². The molecule has 0 bridgehead atoms. The van der Waals surface area contributed by atoms with E-state index in [1.54, 1.807) is 18.6 Å². The largest absolute Gasteiger partial charge is 0.367 e. The first-order valence-corrected chi connectivity index (χ1v) is 6.25. The van der Waals surface area contributed by atoms with E-state index in [0.29, 0.717) is 12.1 Å². The van der Waals surface area contributed by atoms with Crippen molar-refractivity contribution in [3.8, 4) is 0 Å². The van der Waals surface area contributed by atoms with Crippen molar-refractivity contribution in [3.05, 3.63) is 18.6 Å². The van der Waals surface area contributed by atoms with Gasteiger partial charge in [-0.15, -0.1) is 0 Å². The Hall–Kier alpha value is -1.20. The van der Waals surface area contributed by atoms with Crippen LogP contribution in [0.15, 0.2) is 18.6 Å². The topological polar surface area (TPSA) is 61.9 Å². The third-order valence-electron chi connectivity index (χ3n) is 2.91. The minimum atomic E-state index is 0.459. The molecule has 3 N–H and O–H groups in total. The summed E-state index contributed by atoms with van der Waals surface area (Å²) in [6, 6.07) is 1.05. The number of aromatic nitrogens is 2. The first-order valence-electron chi connectivity index (χ1n) is 6.25. The zero-order valence-corrected chi connectivity index (χ0v) is 10.5. The molecule has 2 rings (SSSR count). The molecular formula is C12H21N5. The second-order valence-electron chi connectivity index (χ2n) is 5.02. The number of hydrogen-bond donors (Lipinski definition) is 3. The monoisotopic (exact) mass is 235 g/mol. The summed E-state index contributed by atoms with van der Waals surface area (Å²) in [4.78, 5) is 8.21. The number of hydrogen-bond acceptors (Lipinski definition) is 5. The first-order chi connectivity index (χ1) is 8.24. The van der Waals surface area contributed by atoms with Crippen molar-refractivity contribution >= 4 is 5.82 Å². The van der Waals surface area contributed by atoms with Crippen molar-refractivity contribution in [2.75, 3.05) is 11.9 Å². The molecule has 1 aromatic rings. The Labute approximate surface area is 102 Å². The Morgan fingerprint density at radius 2 is 2.18 bits per heavy atom. The van der Waals surface area contributed by atoms with Crippen molar-refractivity contribution in [2.24, 2.45) is 5.92 Å². The molecule has 0 aliphatic carbocycles. The predicted octanol–water partition coefficient (Wildman–Crippen LogP) is 1.17. The summed E-state index contributed by atoms with van der Waals surface area (Å²) in [6.45, 7) is 5.39. The van der Waals surface area contributed by atoms with Crippen LogP contribution in [0.4, 0.5) is 5.82 Å². The van der Waals surface area contributed by atoms with Gasteiger partial charge in [0.25, 0.3) is 0 Å². The molecule has 1 saturated heterocycles. The van der Waals surface area contributed by atoms with E-state index in [2.05, 4.69) is 40.0 Å². The van der Waals surface area contributed by atoms with Crippen molar-refractivity contribution < 1.29 is 0 Å². The van der Waals surface area contributed by atoms with Gasteiger partial charge in [0, 0.05) is 31.0 Å². The fourth-order valence-corrected chi connectivity index (χ4v) is 2.17. The maximum Gasteiger partial charge on any atom is 0.144 e. The highest BCUT2D eigenvalue weighted by molar-refractivity contribution is 5.30. The van der Waals surface area contributed by atoms with Crippen LogP contribution in [-0.4, -0.2) is 28.6 Å². The third kappa shape index (κ3) is 3.94. The summed E-state index contributed by atoms with van der Waals surface area (Å²) in [7, 11) is 0. The zero-order chi connectivity index (χ0) is 12.1. The van der Waals surface area contributed by atoms with Crippen LogP contribution < -0.4 is 16.2 Å². The second kappa shape index (κ2) is 5.93. The van der Waals surface area contributed by atoms with E-state index in [-0.39, 0.29) is 0 Å².